The number of aromatic nitrogens is 3. The minimum atomic E-state index is -0.354. The van der Waals surface area contributed by atoms with Gasteiger partial charge in [-0.25, -0.2) is 4.79 Å². The fourth-order valence-electron chi connectivity index (χ4n) is 4.22. The number of hydrogen-bond acceptors (Lipinski definition) is 8. The standard InChI is InChI=1S/C24H30N4O3S3/c1-6-15-14(4)32-11-17(15)21-26-27-24(28(21)5)33-12-19(29)25-22-20(23(30)31-13(2)3)16-9-7-8-10-18(16)34-22/h11,13H,6-10,12H2,1-5H3,(H,25,29). The Labute approximate surface area is 212 Å². The van der Waals surface area contributed by atoms with Crippen molar-refractivity contribution in [2.24, 2.45) is 7.05 Å². The van der Waals surface area contributed by atoms with Gasteiger partial charge in [-0.15, -0.1) is 32.9 Å². The Morgan fingerprint density at radius 3 is 2.76 bits per heavy atom. The third-order valence-electron chi connectivity index (χ3n) is 5.84. The van der Waals surface area contributed by atoms with Gasteiger partial charge in [0, 0.05) is 27.7 Å². The van der Waals surface area contributed by atoms with Crippen molar-refractivity contribution in [2.75, 3.05) is 11.1 Å². The highest BCUT2D eigenvalue weighted by Crippen LogP contribution is 2.39. The smallest absolute Gasteiger partial charge is 0.341 e. The predicted molar refractivity (Wildman–Crippen MR) is 139 cm³/mol. The van der Waals surface area contributed by atoms with Gasteiger partial charge in [0.2, 0.25) is 5.91 Å². The number of nitrogens with one attached hydrogen (secondary N) is 1. The fourth-order valence-corrected chi connectivity index (χ4v) is 7.16. The molecule has 34 heavy (non-hydrogen) atoms. The molecule has 0 spiro atoms. The molecule has 0 saturated heterocycles. The number of nitrogens with zero attached hydrogens (tertiary/aromatic N) is 3. The molecule has 10 heteroatoms. The Bertz CT molecular complexity index is 1210. The van der Waals surface area contributed by atoms with Gasteiger partial charge in [-0.1, -0.05) is 18.7 Å². The molecule has 0 unspecified atom stereocenters. The summed E-state index contributed by atoms with van der Waals surface area (Å²) in [5.41, 5.74) is 3.97. The van der Waals surface area contributed by atoms with E-state index in [2.05, 4.69) is 34.7 Å². The number of carbonyl (C=O) groups excluding carboxylic acids is 2. The average molecular weight is 519 g/mol. The lowest BCUT2D eigenvalue weighted by Gasteiger charge is -2.14. The summed E-state index contributed by atoms with van der Waals surface area (Å²) in [5.74, 6) is 0.463. The van der Waals surface area contributed by atoms with Crippen molar-refractivity contribution in [3.63, 3.8) is 0 Å². The Balaban J connectivity index is 1.48. The van der Waals surface area contributed by atoms with Crippen molar-refractivity contribution >= 4 is 51.3 Å². The topological polar surface area (TPSA) is 86.1 Å². The van der Waals surface area contributed by atoms with E-state index in [1.54, 1.807) is 11.3 Å². The zero-order valence-electron chi connectivity index (χ0n) is 20.2. The van der Waals surface area contributed by atoms with Gasteiger partial charge in [0.1, 0.15) is 5.00 Å². The Morgan fingerprint density at radius 2 is 2.03 bits per heavy atom. The number of hydrogen-bond donors (Lipinski definition) is 1. The van der Waals surface area contributed by atoms with Gasteiger partial charge in [0.25, 0.3) is 0 Å². The maximum absolute atomic E-state index is 12.9. The lowest BCUT2D eigenvalue weighted by molar-refractivity contribution is -0.113. The molecule has 1 amide bonds. The predicted octanol–water partition coefficient (Wildman–Crippen LogP) is 5.65. The number of anilines is 1. The van der Waals surface area contributed by atoms with Crippen LogP contribution in [0.25, 0.3) is 11.4 Å². The van der Waals surface area contributed by atoms with E-state index >= 15 is 0 Å². The van der Waals surface area contributed by atoms with Gasteiger partial charge in [-0.05, 0) is 64.0 Å². The number of thiophene rings is 2. The first-order chi connectivity index (χ1) is 16.3. The SMILES string of the molecule is CCc1c(-c2nnc(SCC(=O)Nc3sc4c(c3C(=O)OC(C)C)CCCC4)n2C)csc1C. The number of amides is 1. The van der Waals surface area contributed by atoms with Crippen LogP contribution in [0, 0.1) is 6.92 Å². The third kappa shape index (κ3) is 5.08. The first kappa shape index (κ1) is 24.9. The highest BCUT2D eigenvalue weighted by atomic mass is 32.2. The number of ether oxygens (including phenoxy) is 1. The second kappa shape index (κ2) is 10.6. The molecule has 182 valence electrons. The molecular formula is C24H30N4O3S3. The Kier molecular flexibility index (Phi) is 7.79. The van der Waals surface area contributed by atoms with E-state index in [1.165, 1.54) is 38.4 Å². The van der Waals surface area contributed by atoms with E-state index in [0.717, 1.165) is 49.1 Å². The molecule has 0 aromatic carbocycles. The molecular weight excluding hydrogens is 488 g/mol. The summed E-state index contributed by atoms with van der Waals surface area (Å²) in [6, 6.07) is 0. The largest absolute Gasteiger partial charge is 0.459 e. The molecule has 0 fully saturated rings. The van der Waals surface area contributed by atoms with E-state index in [1.807, 2.05) is 25.5 Å². The fraction of sp³-hybridized carbons (Fsp3) is 0.500. The van der Waals surface area contributed by atoms with Crippen molar-refractivity contribution in [1.82, 2.24) is 14.8 Å². The van der Waals surface area contributed by atoms with Crippen molar-refractivity contribution in [3.05, 3.63) is 31.8 Å². The summed E-state index contributed by atoms with van der Waals surface area (Å²) < 4.78 is 7.42. The molecule has 7 nitrogen and oxygen atoms in total. The van der Waals surface area contributed by atoms with Crippen LogP contribution < -0.4 is 5.32 Å². The molecule has 3 aromatic rings. The molecule has 3 aromatic heterocycles. The van der Waals surface area contributed by atoms with Gasteiger partial charge < -0.3 is 14.6 Å². The number of thioether (sulfide) groups is 1. The molecule has 1 N–H and O–H groups in total. The van der Waals surface area contributed by atoms with E-state index in [4.69, 9.17) is 4.74 Å². The van der Waals surface area contributed by atoms with Gasteiger partial charge in [-0.3, -0.25) is 4.79 Å². The molecule has 0 saturated carbocycles. The monoisotopic (exact) mass is 518 g/mol. The summed E-state index contributed by atoms with van der Waals surface area (Å²) in [7, 11) is 1.93. The number of carbonyl (C=O) groups is 2. The molecule has 1 aliphatic carbocycles. The van der Waals surface area contributed by atoms with Crippen LogP contribution in [0.3, 0.4) is 0 Å². The zero-order chi connectivity index (χ0) is 24.4. The van der Waals surface area contributed by atoms with Crippen LogP contribution in [-0.4, -0.2) is 38.5 Å². The molecule has 0 bridgehead atoms. The van der Waals surface area contributed by atoms with Crippen LogP contribution in [0.4, 0.5) is 5.00 Å². The third-order valence-corrected chi connectivity index (χ3v) is 9.02. The van der Waals surface area contributed by atoms with Crippen molar-refractivity contribution in [3.8, 4) is 11.4 Å². The first-order valence-corrected chi connectivity index (χ1v) is 14.2. The summed E-state index contributed by atoms with van der Waals surface area (Å²) in [6.07, 6.45) is 4.67. The Hall–Kier alpha value is -2.17. The van der Waals surface area contributed by atoms with Crippen LogP contribution >= 0.6 is 34.4 Å². The molecule has 0 aliphatic heterocycles. The van der Waals surface area contributed by atoms with Crippen molar-refractivity contribution in [1.29, 1.82) is 0 Å². The number of esters is 1. The zero-order valence-corrected chi connectivity index (χ0v) is 22.6. The van der Waals surface area contributed by atoms with E-state index in [9.17, 15) is 9.59 Å². The van der Waals surface area contributed by atoms with Gasteiger partial charge in [0.05, 0.1) is 17.4 Å². The molecule has 4 rings (SSSR count). The van der Waals surface area contributed by atoms with Crippen LogP contribution in [0.1, 0.15) is 64.9 Å². The minimum absolute atomic E-state index is 0.174. The van der Waals surface area contributed by atoms with Crippen LogP contribution in [-0.2, 0) is 35.8 Å². The average Bonchev–Trinajstić information content (AvgIpc) is 3.45. The Morgan fingerprint density at radius 1 is 1.26 bits per heavy atom. The maximum Gasteiger partial charge on any atom is 0.341 e. The van der Waals surface area contributed by atoms with Gasteiger partial charge in [-0.2, -0.15) is 0 Å². The molecule has 0 radical (unpaired) electrons. The number of rotatable bonds is 8. The summed E-state index contributed by atoms with van der Waals surface area (Å²) in [5, 5.41) is 15.1. The van der Waals surface area contributed by atoms with E-state index < -0.39 is 0 Å². The second-order valence-corrected chi connectivity index (χ2v) is 11.7. The second-order valence-electron chi connectivity index (χ2n) is 8.61. The number of fused-ring (bicyclic) bond motifs is 1. The quantitative estimate of drug-likeness (QED) is 0.306. The van der Waals surface area contributed by atoms with Crippen molar-refractivity contribution in [2.45, 2.75) is 71.1 Å². The van der Waals surface area contributed by atoms with Crippen LogP contribution in [0.5, 0.6) is 0 Å². The van der Waals surface area contributed by atoms with Crippen molar-refractivity contribution < 1.29 is 14.3 Å². The first-order valence-electron chi connectivity index (χ1n) is 11.5. The van der Waals surface area contributed by atoms with Gasteiger partial charge >= 0.3 is 5.97 Å². The molecule has 3 heterocycles. The highest BCUT2D eigenvalue weighted by Gasteiger charge is 2.28. The maximum atomic E-state index is 12.9. The van der Waals surface area contributed by atoms with Gasteiger partial charge in [0.15, 0.2) is 11.0 Å². The lowest BCUT2D eigenvalue weighted by atomic mass is 9.95. The molecule has 0 atom stereocenters. The van der Waals surface area contributed by atoms with Crippen LogP contribution in [0.15, 0.2) is 10.5 Å². The molecule has 1 aliphatic rings. The van der Waals surface area contributed by atoms with E-state index in [0.29, 0.717) is 15.7 Å². The number of aryl methyl sites for hydroxylation is 2. The minimum Gasteiger partial charge on any atom is -0.459 e. The normalized spacial score (nSPS) is 13.2. The summed E-state index contributed by atoms with van der Waals surface area (Å²) in [6.45, 7) is 7.93. The summed E-state index contributed by atoms with van der Waals surface area (Å²) in [4.78, 5) is 28.1. The highest BCUT2D eigenvalue weighted by molar-refractivity contribution is 7.99. The summed E-state index contributed by atoms with van der Waals surface area (Å²) >= 11 is 4.56. The van der Waals surface area contributed by atoms with E-state index in [-0.39, 0.29) is 23.7 Å². The van der Waals surface area contributed by atoms with Crippen LogP contribution in [0.2, 0.25) is 0 Å². The lowest BCUT2D eigenvalue weighted by Crippen LogP contribution is -2.19.